The molecule has 2 aromatic carbocycles. The van der Waals surface area contributed by atoms with Gasteiger partial charge in [0.05, 0.1) is 22.0 Å². The van der Waals surface area contributed by atoms with Crippen molar-refractivity contribution in [3.05, 3.63) is 58.5 Å². The predicted molar refractivity (Wildman–Crippen MR) is 137 cm³/mol. The fourth-order valence-electron chi connectivity index (χ4n) is 5.14. The average molecular weight is 468 g/mol. The number of fused-ring (bicyclic) bond motifs is 5. The Morgan fingerprint density at radius 1 is 1.00 bits per heavy atom. The van der Waals surface area contributed by atoms with Crippen LogP contribution in [-0.2, 0) is 4.79 Å². The maximum atomic E-state index is 13.6. The van der Waals surface area contributed by atoms with Gasteiger partial charge in [0.15, 0.2) is 5.65 Å². The Morgan fingerprint density at radius 2 is 1.77 bits per heavy atom. The van der Waals surface area contributed by atoms with Crippen molar-refractivity contribution in [1.29, 1.82) is 0 Å². The lowest BCUT2D eigenvalue weighted by Gasteiger charge is -2.29. The van der Waals surface area contributed by atoms with Crippen LogP contribution in [0, 0.1) is 6.92 Å². The number of anilines is 1. The van der Waals surface area contributed by atoms with E-state index in [1.54, 1.807) is 24.3 Å². The first-order valence-electron chi connectivity index (χ1n) is 11.9. The van der Waals surface area contributed by atoms with Crippen molar-refractivity contribution in [3.63, 3.8) is 0 Å². The number of benzene rings is 2. The van der Waals surface area contributed by atoms with Crippen molar-refractivity contribution in [2.45, 2.75) is 33.1 Å². The molecule has 0 saturated carbocycles. The second-order valence-corrected chi connectivity index (χ2v) is 9.11. The van der Waals surface area contributed by atoms with Crippen LogP contribution < -0.4 is 15.2 Å². The molecule has 176 valence electrons. The molecule has 35 heavy (non-hydrogen) atoms. The van der Waals surface area contributed by atoms with Crippen molar-refractivity contribution in [2.24, 2.45) is 0 Å². The number of nitrogens with zero attached hydrogens (tertiary/aromatic N) is 3. The molecule has 1 saturated heterocycles. The normalized spacial score (nSPS) is 14.2. The summed E-state index contributed by atoms with van der Waals surface area (Å²) < 4.78 is 5.16. The Labute approximate surface area is 200 Å². The first-order valence-corrected chi connectivity index (χ1v) is 11.9. The molecule has 0 atom stereocenters. The Morgan fingerprint density at radius 3 is 2.51 bits per heavy atom. The van der Waals surface area contributed by atoms with Gasteiger partial charge in [-0.15, -0.1) is 0 Å². The molecule has 8 heteroatoms. The fraction of sp³-hybridized carbons (Fsp3) is 0.259. The van der Waals surface area contributed by atoms with Crippen LogP contribution in [0.15, 0.2) is 47.3 Å². The topological polar surface area (TPSA) is 104 Å². The van der Waals surface area contributed by atoms with Crippen LogP contribution >= 0.6 is 0 Å². The molecule has 1 aliphatic rings. The Kier molecular flexibility index (Phi) is 5.02. The number of carbonyl (C=O) groups is 1. The smallest absolute Gasteiger partial charge is 0.308 e. The molecule has 0 radical (unpaired) electrons. The number of esters is 1. The number of hydrogen-bond donors (Lipinski definition) is 2. The summed E-state index contributed by atoms with van der Waals surface area (Å²) in [5, 5.41) is 10.6. The van der Waals surface area contributed by atoms with Gasteiger partial charge < -0.3 is 14.6 Å². The summed E-state index contributed by atoms with van der Waals surface area (Å²) in [5.41, 5.74) is 4.43. The van der Waals surface area contributed by atoms with Gasteiger partial charge in [-0.3, -0.25) is 14.7 Å². The van der Waals surface area contributed by atoms with Crippen molar-refractivity contribution in [3.8, 4) is 17.0 Å². The SMILES string of the molecule is CC(=O)Oc1ccc(-c2nc3n[nH]c(C)c3c3c2c(=O)[nH]c2cc(N4CCCCC4)ccc23)cc1. The summed E-state index contributed by atoms with van der Waals surface area (Å²) in [6.45, 7) is 5.37. The lowest BCUT2D eigenvalue weighted by Crippen LogP contribution is -2.29. The van der Waals surface area contributed by atoms with E-state index in [1.165, 1.54) is 26.2 Å². The summed E-state index contributed by atoms with van der Waals surface area (Å²) in [6, 6.07) is 13.3. The number of piperidine rings is 1. The monoisotopic (exact) mass is 467 g/mol. The number of H-pyrrole nitrogens is 2. The predicted octanol–water partition coefficient (Wildman–Crippen LogP) is 4.84. The number of nitrogens with one attached hydrogen (secondary N) is 2. The van der Waals surface area contributed by atoms with Crippen LogP contribution in [0.2, 0.25) is 0 Å². The van der Waals surface area contributed by atoms with E-state index in [-0.39, 0.29) is 11.5 Å². The summed E-state index contributed by atoms with van der Waals surface area (Å²) in [7, 11) is 0. The number of rotatable bonds is 3. The molecule has 6 rings (SSSR count). The van der Waals surface area contributed by atoms with Gasteiger partial charge in [0.2, 0.25) is 0 Å². The van der Waals surface area contributed by atoms with Crippen LogP contribution in [0.1, 0.15) is 31.9 Å². The van der Waals surface area contributed by atoms with E-state index in [4.69, 9.17) is 9.72 Å². The van der Waals surface area contributed by atoms with Crippen LogP contribution in [0.3, 0.4) is 0 Å². The quantitative estimate of drug-likeness (QED) is 0.223. The summed E-state index contributed by atoms with van der Waals surface area (Å²) in [5.74, 6) is 0.0495. The lowest BCUT2D eigenvalue weighted by molar-refractivity contribution is -0.131. The highest BCUT2D eigenvalue weighted by atomic mass is 16.5. The van der Waals surface area contributed by atoms with Crippen molar-refractivity contribution < 1.29 is 9.53 Å². The van der Waals surface area contributed by atoms with Gasteiger partial charge in [0, 0.05) is 47.7 Å². The van der Waals surface area contributed by atoms with E-state index >= 15 is 0 Å². The highest BCUT2D eigenvalue weighted by Crippen LogP contribution is 2.36. The standard InChI is InChI=1S/C27H25N5O3/c1-15-22-23-20-11-8-18(32-12-4-3-5-13-32)14-21(20)28-27(34)24(23)25(29-26(22)31-30-15)17-6-9-19(10-7-17)35-16(2)33/h6-11,14H,3-5,12-13H2,1-2H3,(H,28,34)(H,29,30,31). The van der Waals surface area contributed by atoms with Crippen LogP contribution in [0.4, 0.5) is 5.69 Å². The van der Waals surface area contributed by atoms with Gasteiger partial charge in [0.1, 0.15) is 5.75 Å². The van der Waals surface area contributed by atoms with Gasteiger partial charge in [-0.25, -0.2) is 4.98 Å². The third-order valence-electron chi connectivity index (χ3n) is 6.74. The zero-order chi connectivity index (χ0) is 24.1. The molecule has 0 aliphatic carbocycles. The van der Waals surface area contributed by atoms with Crippen LogP contribution in [0.5, 0.6) is 5.75 Å². The maximum absolute atomic E-state index is 13.6. The van der Waals surface area contributed by atoms with Gasteiger partial charge in [0.25, 0.3) is 5.56 Å². The van der Waals surface area contributed by atoms with Gasteiger partial charge >= 0.3 is 5.97 Å². The zero-order valence-corrected chi connectivity index (χ0v) is 19.6. The molecule has 1 fully saturated rings. The minimum absolute atomic E-state index is 0.197. The minimum atomic E-state index is -0.387. The lowest BCUT2D eigenvalue weighted by atomic mass is 9.98. The second kappa shape index (κ2) is 8.23. The molecule has 0 spiro atoms. The van der Waals surface area contributed by atoms with Gasteiger partial charge in [-0.1, -0.05) is 6.07 Å². The van der Waals surface area contributed by atoms with E-state index in [2.05, 4.69) is 38.3 Å². The summed E-state index contributed by atoms with van der Waals surface area (Å²) >= 11 is 0. The Balaban J connectivity index is 1.61. The molecule has 5 aromatic rings. The van der Waals surface area contributed by atoms with Crippen LogP contribution in [0.25, 0.3) is 44.0 Å². The number of pyridine rings is 2. The van der Waals surface area contributed by atoms with Crippen molar-refractivity contribution in [1.82, 2.24) is 20.2 Å². The zero-order valence-electron chi connectivity index (χ0n) is 19.6. The number of ether oxygens (including phenoxy) is 1. The van der Waals surface area contributed by atoms with E-state index in [0.29, 0.717) is 22.5 Å². The third-order valence-corrected chi connectivity index (χ3v) is 6.74. The number of hydrogen-bond acceptors (Lipinski definition) is 6. The summed E-state index contributed by atoms with van der Waals surface area (Å²) in [6.07, 6.45) is 3.64. The third kappa shape index (κ3) is 3.62. The van der Waals surface area contributed by atoms with Crippen molar-refractivity contribution >= 4 is 44.4 Å². The Bertz CT molecular complexity index is 1660. The number of aromatic amines is 2. The first-order chi connectivity index (χ1) is 17.0. The molecule has 2 N–H and O–H groups in total. The minimum Gasteiger partial charge on any atom is -0.427 e. The van der Waals surface area contributed by atoms with E-state index in [9.17, 15) is 9.59 Å². The molecular weight excluding hydrogens is 442 g/mol. The van der Waals surface area contributed by atoms with E-state index in [1.807, 2.05) is 6.92 Å². The molecule has 0 amide bonds. The molecular formula is C27H25N5O3. The molecule has 0 bridgehead atoms. The van der Waals surface area contributed by atoms with Crippen molar-refractivity contribution in [2.75, 3.05) is 18.0 Å². The van der Waals surface area contributed by atoms with Crippen LogP contribution in [-0.4, -0.2) is 39.2 Å². The fourth-order valence-corrected chi connectivity index (χ4v) is 5.14. The average Bonchev–Trinajstić information content (AvgIpc) is 3.24. The molecule has 1 aliphatic heterocycles. The number of aromatic nitrogens is 4. The highest BCUT2D eigenvalue weighted by molar-refractivity contribution is 6.21. The molecule has 8 nitrogen and oxygen atoms in total. The second-order valence-electron chi connectivity index (χ2n) is 9.11. The van der Waals surface area contributed by atoms with Gasteiger partial charge in [-0.05, 0) is 62.6 Å². The van der Waals surface area contributed by atoms with E-state index < -0.39 is 0 Å². The highest BCUT2D eigenvalue weighted by Gasteiger charge is 2.20. The molecule has 3 aromatic heterocycles. The van der Waals surface area contributed by atoms with Gasteiger partial charge in [-0.2, -0.15) is 5.10 Å². The summed E-state index contributed by atoms with van der Waals surface area (Å²) in [4.78, 5) is 35.1. The molecule has 0 unspecified atom stereocenters. The number of aryl methyl sites for hydroxylation is 1. The van der Waals surface area contributed by atoms with E-state index in [0.717, 1.165) is 51.7 Å². The maximum Gasteiger partial charge on any atom is 0.308 e. The first kappa shape index (κ1) is 21.3. The number of carbonyl (C=O) groups excluding carboxylic acids is 1. The molecule has 4 heterocycles. The largest absolute Gasteiger partial charge is 0.427 e. The Hall–Kier alpha value is -4.20.